The van der Waals surface area contributed by atoms with Gasteiger partial charge < -0.3 is 42.6 Å². The maximum atomic E-state index is 12.8. The van der Waals surface area contributed by atoms with Crippen molar-refractivity contribution < 1.29 is 56.5 Å². The van der Waals surface area contributed by atoms with Gasteiger partial charge in [-0.25, -0.2) is 4.79 Å². The lowest BCUT2D eigenvalue weighted by Crippen LogP contribution is -2.46. The average molecular weight is 620 g/mol. The van der Waals surface area contributed by atoms with E-state index < -0.39 is 19.6 Å². The molecule has 1 aromatic rings. The monoisotopic (exact) mass is 619 g/mol. The smallest absolute Gasteiger partial charge is 0.476 e. The third-order valence-electron chi connectivity index (χ3n) is 6.39. The van der Waals surface area contributed by atoms with Crippen LogP contribution < -0.4 is 9.26 Å². The van der Waals surface area contributed by atoms with E-state index in [0.717, 1.165) is 16.7 Å². The first kappa shape index (κ1) is 36.3. The van der Waals surface area contributed by atoms with Crippen LogP contribution in [0.15, 0.2) is 6.07 Å². The Morgan fingerprint density at radius 1 is 0.810 bits per heavy atom. The molecule has 0 saturated carbocycles. The van der Waals surface area contributed by atoms with Crippen molar-refractivity contribution >= 4 is 14.0 Å². The molecule has 0 aromatic heterocycles. The number of ether oxygens (including phenoxy) is 9. The normalized spacial score (nSPS) is 16.5. The van der Waals surface area contributed by atoms with E-state index in [1.807, 2.05) is 19.9 Å². The summed E-state index contributed by atoms with van der Waals surface area (Å²) in [5.41, 5.74) is 1.55. The zero-order valence-corrected chi connectivity index (χ0v) is 26.6. The molecular weight excluding hydrogens is 571 g/mol. The van der Waals surface area contributed by atoms with E-state index in [-0.39, 0.29) is 13.2 Å². The number of fused-ring (bicyclic) bond motifs is 1. The lowest BCUT2D eigenvalue weighted by atomic mass is 9.89. The van der Waals surface area contributed by atoms with Crippen molar-refractivity contribution in [2.24, 2.45) is 0 Å². The summed E-state index contributed by atoms with van der Waals surface area (Å²) in [6, 6.07) is 1.82. The first-order valence-corrected chi connectivity index (χ1v) is 15.9. The van der Waals surface area contributed by atoms with E-state index in [1.54, 1.807) is 14.0 Å². The van der Waals surface area contributed by atoms with Gasteiger partial charge in [0, 0.05) is 30.2 Å². The van der Waals surface area contributed by atoms with E-state index in [9.17, 15) is 9.36 Å². The summed E-state index contributed by atoms with van der Waals surface area (Å²) < 4.78 is 66.1. The third-order valence-corrected chi connectivity index (χ3v) is 6.83. The first-order chi connectivity index (χ1) is 20.3. The van der Waals surface area contributed by atoms with Crippen molar-refractivity contribution in [2.45, 2.75) is 39.2 Å². The van der Waals surface area contributed by atoms with Crippen molar-refractivity contribution in [1.29, 1.82) is 0 Å². The number of aryl methyl sites for hydroxylation is 1. The summed E-state index contributed by atoms with van der Waals surface area (Å²) in [5, 5.41) is 0. The topological polar surface area (TPSA) is 126 Å². The Morgan fingerprint density at radius 3 is 1.71 bits per heavy atom. The molecule has 0 bridgehead atoms. The Balaban J connectivity index is 1.45. The molecular formula is C29H48O12P+. The van der Waals surface area contributed by atoms with Gasteiger partial charge in [0.15, 0.2) is 12.4 Å². The molecule has 1 aliphatic rings. The SMILES string of the molecule is COCCOCCOCCOCCOCCOCCOCCOC(=O)C1(C)CCc2c(cc(C)c(O[P+](C)=O)c2C)O1. The molecule has 0 amide bonds. The van der Waals surface area contributed by atoms with Gasteiger partial charge in [0.1, 0.15) is 12.4 Å². The summed E-state index contributed by atoms with van der Waals surface area (Å²) in [4.78, 5) is 12.8. The average Bonchev–Trinajstić information content (AvgIpc) is 2.95. The van der Waals surface area contributed by atoms with Gasteiger partial charge in [-0.1, -0.05) is 0 Å². The molecule has 2 rings (SSSR count). The van der Waals surface area contributed by atoms with Crippen LogP contribution in [0.1, 0.15) is 30.0 Å². The highest BCUT2D eigenvalue weighted by Crippen LogP contribution is 2.42. The number of carbonyl (C=O) groups is 1. The fourth-order valence-corrected chi connectivity index (χ4v) is 4.67. The molecule has 2 unspecified atom stereocenters. The van der Waals surface area contributed by atoms with Crippen LogP contribution in [-0.4, -0.2) is 118 Å². The lowest BCUT2D eigenvalue weighted by Gasteiger charge is -2.34. The predicted molar refractivity (Wildman–Crippen MR) is 155 cm³/mol. The largest absolute Gasteiger partial charge is 0.552 e. The summed E-state index contributed by atoms with van der Waals surface area (Å²) in [6.07, 6.45) is 1.08. The molecule has 0 N–H and O–H groups in total. The molecule has 13 heteroatoms. The van der Waals surface area contributed by atoms with Gasteiger partial charge in [-0.3, -0.25) is 4.52 Å². The van der Waals surface area contributed by atoms with Gasteiger partial charge in [0.25, 0.3) is 0 Å². The van der Waals surface area contributed by atoms with Gasteiger partial charge >= 0.3 is 14.0 Å². The number of methoxy groups -OCH3 is 1. The van der Waals surface area contributed by atoms with E-state index in [4.69, 9.17) is 47.2 Å². The summed E-state index contributed by atoms with van der Waals surface area (Å²) in [6.45, 7) is 13.3. The van der Waals surface area contributed by atoms with Gasteiger partial charge in [-0.05, 0) is 37.8 Å². The fraction of sp³-hybridized carbons (Fsp3) is 0.759. The number of hydrogen-bond donors (Lipinski definition) is 0. The van der Waals surface area contributed by atoms with Crippen molar-refractivity contribution in [3.8, 4) is 11.5 Å². The van der Waals surface area contributed by atoms with Crippen LogP contribution in [0.2, 0.25) is 0 Å². The van der Waals surface area contributed by atoms with Crippen LogP contribution in [0.25, 0.3) is 0 Å². The molecule has 2 atom stereocenters. The second-order valence-corrected chi connectivity index (χ2v) is 10.9. The van der Waals surface area contributed by atoms with Crippen LogP contribution in [0.5, 0.6) is 11.5 Å². The molecule has 0 radical (unpaired) electrons. The fourth-order valence-electron chi connectivity index (χ4n) is 4.13. The third kappa shape index (κ3) is 13.6. The Bertz CT molecular complexity index is 944. The number of benzene rings is 1. The Kier molecular flexibility index (Phi) is 18.1. The van der Waals surface area contributed by atoms with Crippen molar-refractivity contribution in [2.75, 3.05) is 106 Å². The van der Waals surface area contributed by atoms with Gasteiger partial charge in [0.2, 0.25) is 5.60 Å². The molecule has 0 fully saturated rings. The Hall–Kier alpha value is -1.89. The molecule has 0 spiro atoms. The quantitative estimate of drug-likeness (QED) is 0.0956. The van der Waals surface area contributed by atoms with Gasteiger partial charge in [0.05, 0.1) is 85.9 Å². The Labute approximate surface area is 250 Å². The maximum absolute atomic E-state index is 12.8. The van der Waals surface area contributed by atoms with Crippen LogP contribution >= 0.6 is 8.03 Å². The maximum Gasteiger partial charge on any atom is 0.552 e. The van der Waals surface area contributed by atoms with E-state index in [2.05, 4.69) is 0 Å². The van der Waals surface area contributed by atoms with Crippen LogP contribution in [0.4, 0.5) is 0 Å². The molecule has 0 saturated heterocycles. The molecule has 12 nitrogen and oxygen atoms in total. The lowest BCUT2D eigenvalue weighted by molar-refractivity contribution is -0.163. The molecule has 1 aliphatic heterocycles. The first-order valence-electron chi connectivity index (χ1n) is 14.3. The minimum atomic E-state index is -1.78. The summed E-state index contributed by atoms with van der Waals surface area (Å²) >= 11 is 0. The molecule has 42 heavy (non-hydrogen) atoms. The van der Waals surface area contributed by atoms with Crippen molar-refractivity contribution in [3.05, 3.63) is 22.8 Å². The second-order valence-electron chi connectivity index (χ2n) is 9.79. The van der Waals surface area contributed by atoms with E-state index in [0.29, 0.717) is 104 Å². The molecule has 1 aromatic carbocycles. The highest BCUT2D eigenvalue weighted by atomic mass is 31.1. The highest BCUT2D eigenvalue weighted by Gasteiger charge is 2.41. The zero-order valence-electron chi connectivity index (χ0n) is 25.7. The van der Waals surface area contributed by atoms with Crippen LogP contribution in [-0.2, 0) is 53.7 Å². The van der Waals surface area contributed by atoms with Gasteiger partial charge in [-0.15, -0.1) is 0 Å². The zero-order chi connectivity index (χ0) is 30.6. The number of esters is 1. The number of rotatable bonds is 24. The van der Waals surface area contributed by atoms with Gasteiger partial charge in [-0.2, -0.15) is 0 Å². The molecule has 1 heterocycles. The number of carbonyl (C=O) groups excluding carboxylic acids is 1. The van der Waals surface area contributed by atoms with Crippen LogP contribution in [0, 0.1) is 13.8 Å². The minimum Gasteiger partial charge on any atom is -0.476 e. The standard InChI is InChI=1S/C29H48O12P/c1-23-22-26-25(24(2)27(23)41-42(5)31)6-7-29(3,40-26)28(30)39-21-20-38-19-18-37-17-16-36-15-14-35-13-12-34-11-10-33-9-8-32-4/h22H,6-21H2,1-5H3/q+1. The van der Waals surface area contributed by atoms with Crippen LogP contribution in [0.3, 0.4) is 0 Å². The molecule has 240 valence electrons. The van der Waals surface area contributed by atoms with E-state index >= 15 is 0 Å². The highest BCUT2D eigenvalue weighted by molar-refractivity contribution is 7.38. The van der Waals surface area contributed by atoms with E-state index in [1.165, 1.54) is 6.66 Å². The Morgan fingerprint density at radius 2 is 1.26 bits per heavy atom. The minimum absolute atomic E-state index is 0.120. The summed E-state index contributed by atoms with van der Waals surface area (Å²) in [5.74, 6) is 0.804. The predicted octanol–water partition coefficient (Wildman–Crippen LogP) is 3.43. The summed E-state index contributed by atoms with van der Waals surface area (Å²) in [7, 11) is -0.139. The second kappa shape index (κ2) is 20.9. The number of hydrogen-bond acceptors (Lipinski definition) is 12. The molecule has 0 aliphatic carbocycles. The van der Waals surface area contributed by atoms with Crippen molar-refractivity contribution in [3.63, 3.8) is 0 Å². The van der Waals surface area contributed by atoms with Crippen molar-refractivity contribution in [1.82, 2.24) is 0 Å².